The van der Waals surface area contributed by atoms with E-state index in [0.29, 0.717) is 12.8 Å². The lowest BCUT2D eigenvalue weighted by atomic mass is 9.85. The largest absolute Gasteiger partial charge is 0.472 e. The SMILES string of the molecule is C=C[C@@H]1C[C@]1(NC(=O)[C@@H]1C[C@@H](Oc2cc(Cl)nc(Nc3ccccc3F)n2)CN1C(=O)[C@@H](NC(=O)OC1CCCC1)C(C)(C)C)C(O)NS(=O)(=O)C1CC1. The summed E-state index contributed by atoms with van der Waals surface area (Å²) >= 11 is 6.28. The Bertz CT molecular complexity index is 1870. The third-order valence-corrected chi connectivity index (χ3v) is 12.4. The molecule has 1 unspecified atom stereocenters. The van der Waals surface area contributed by atoms with Gasteiger partial charge in [0, 0.05) is 18.4 Å². The molecule has 0 spiro atoms. The third kappa shape index (κ3) is 9.07. The first-order valence-electron chi connectivity index (χ1n) is 18.1. The van der Waals surface area contributed by atoms with E-state index in [1.807, 2.05) is 0 Å². The second-order valence-corrected chi connectivity index (χ2v) is 17.9. The second kappa shape index (κ2) is 15.6. The van der Waals surface area contributed by atoms with Gasteiger partial charge in [0.2, 0.25) is 33.7 Å². The highest BCUT2D eigenvalue weighted by atomic mass is 35.5. The minimum absolute atomic E-state index is 0.0202. The maximum atomic E-state index is 14.5. The van der Waals surface area contributed by atoms with E-state index in [-0.39, 0.29) is 48.2 Å². The number of halogens is 2. The van der Waals surface area contributed by atoms with Crippen molar-refractivity contribution < 1.29 is 41.8 Å². The number of hydrogen-bond donors (Lipinski definition) is 5. The first-order chi connectivity index (χ1) is 25.5. The topological polar surface area (TPSA) is 201 Å². The minimum Gasteiger partial charge on any atom is -0.472 e. The third-order valence-electron chi connectivity index (χ3n) is 10.3. The lowest BCUT2D eigenvalue weighted by Gasteiger charge is -2.36. The number of ether oxygens (including phenoxy) is 2. The predicted octanol–water partition coefficient (Wildman–Crippen LogP) is 3.91. The fourth-order valence-corrected chi connectivity index (χ4v) is 8.68. The van der Waals surface area contributed by atoms with Gasteiger partial charge in [-0.25, -0.2) is 22.6 Å². The maximum Gasteiger partial charge on any atom is 0.408 e. The number of nitrogens with zero attached hydrogens (tertiary/aromatic N) is 3. The number of amides is 3. The van der Waals surface area contributed by atoms with E-state index in [9.17, 15) is 32.3 Å². The molecule has 15 nitrogen and oxygen atoms in total. The standard InChI is InChI=1S/C36H47ClFN7O8S/c1-5-20-18-36(20,32(48)44-54(50,51)23-14-15-23)43-30(46)26-16-22(52-28-17-27(37)40-33(41-28)39-25-13-9-8-12-24(25)38)19-45(26)31(47)29(35(2,3)4)42-34(49)53-21-10-6-7-11-21/h5,8-9,12-13,17,20-23,26,29,32,44,48H,1,6-7,10-11,14-16,18-19H2,2-4H3,(H,42,49)(H,43,46)(H,39,40,41)/t20-,22-,26+,29-,32?,36-/m1/s1. The Balaban J connectivity index is 1.25. The van der Waals surface area contributed by atoms with Gasteiger partial charge in [-0.1, -0.05) is 50.6 Å². The molecule has 4 aliphatic rings. The van der Waals surface area contributed by atoms with E-state index in [4.69, 9.17) is 21.1 Å². The summed E-state index contributed by atoms with van der Waals surface area (Å²) in [6.45, 7) is 8.97. The Hall–Kier alpha value is -4.06. The minimum atomic E-state index is -3.83. The molecule has 2 aromatic rings. The summed E-state index contributed by atoms with van der Waals surface area (Å²) in [5, 5.41) is 18.9. The Labute approximate surface area is 318 Å². The van der Waals surface area contributed by atoms with Gasteiger partial charge in [0.05, 0.1) is 23.0 Å². The first kappa shape index (κ1) is 39.6. The molecule has 6 atom stereocenters. The van der Waals surface area contributed by atoms with Gasteiger partial charge in [0.15, 0.2) is 0 Å². The number of aromatic nitrogens is 2. The number of rotatable bonds is 14. The summed E-state index contributed by atoms with van der Waals surface area (Å²) in [5.41, 5.74) is -2.14. The molecule has 54 heavy (non-hydrogen) atoms. The number of sulfonamides is 1. The summed E-state index contributed by atoms with van der Waals surface area (Å²) in [6, 6.07) is 4.92. The molecule has 1 aromatic carbocycles. The molecular formula is C36H47ClFN7O8S. The zero-order valence-corrected chi connectivity index (χ0v) is 32.0. The van der Waals surface area contributed by atoms with Crippen molar-refractivity contribution in [1.82, 2.24) is 30.2 Å². The van der Waals surface area contributed by atoms with Gasteiger partial charge in [-0.2, -0.15) is 9.71 Å². The molecule has 6 rings (SSSR count). The van der Waals surface area contributed by atoms with E-state index in [1.165, 1.54) is 35.2 Å². The van der Waals surface area contributed by atoms with Crippen LogP contribution in [0.1, 0.15) is 72.1 Å². The second-order valence-electron chi connectivity index (χ2n) is 15.5. The van der Waals surface area contributed by atoms with E-state index < -0.39 is 80.3 Å². The highest BCUT2D eigenvalue weighted by Crippen LogP contribution is 2.47. The number of alkyl carbamates (subject to hydrolysis) is 1. The predicted molar refractivity (Wildman–Crippen MR) is 197 cm³/mol. The van der Waals surface area contributed by atoms with Crippen molar-refractivity contribution in [2.24, 2.45) is 11.3 Å². The highest BCUT2D eigenvalue weighted by Gasteiger charge is 2.61. The van der Waals surface area contributed by atoms with E-state index in [2.05, 4.69) is 37.2 Å². The molecule has 3 saturated carbocycles. The van der Waals surface area contributed by atoms with Crippen LogP contribution in [-0.4, -0.2) is 94.2 Å². The van der Waals surface area contributed by atoms with Crippen LogP contribution in [0.2, 0.25) is 5.15 Å². The fraction of sp³-hybridized carbons (Fsp3) is 0.583. The number of nitrogens with one attached hydrogen (secondary N) is 4. The van der Waals surface area contributed by atoms with Crippen molar-refractivity contribution in [2.45, 2.75) is 113 Å². The Morgan fingerprint density at radius 3 is 2.46 bits per heavy atom. The average Bonchev–Trinajstić information content (AvgIpc) is 3.98. The maximum absolute atomic E-state index is 14.5. The lowest BCUT2D eigenvalue weighted by molar-refractivity contribution is -0.142. The summed E-state index contributed by atoms with van der Waals surface area (Å²) in [5.74, 6) is -2.35. The summed E-state index contributed by atoms with van der Waals surface area (Å²) in [7, 11) is -3.83. The van der Waals surface area contributed by atoms with Gasteiger partial charge in [-0.3, -0.25) is 9.59 Å². The van der Waals surface area contributed by atoms with Crippen LogP contribution in [0.4, 0.5) is 20.8 Å². The van der Waals surface area contributed by atoms with Crippen LogP contribution in [0.15, 0.2) is 43.0 Å². The van der Waals surface area contributed by atoms with Crippen LogP contribution in [0.3, 0.4) is 0 Å². The Morgan fingerprint density at radius 2 is 1.83 bits per heavy atom. The summed E-state index contributed by atoms with van der Waals surface area (Å²) in [4.78, 5) is 51.5. The number of carbonyl (C=O) groups excluding carboxylic acids is 3. The molecular weight excluding hydrogens is 745 g/mol. The normalized spacial score (nSPS) is 25.4. The molecule has 5 N–H and O–H groups in total. The molecule has 1 aliphatic heterocycles. The van der Waals surface area contributed by atoms with Crippen LogP contribution in [0, 0.1) is 17.2 Å². The number of aliphatic hydroxyl groups is 1. The number of aliphatic hydroxyl groups excluding tert-OH is 1. The number of benzene rings is 1. The first-order valence-corrected chi connectivity index (χ1v) is 20.1. The highest BCUT2D eigenvalue weighted by molar-refractivity contribution is 7.90. The van der Waals surface area contributed by atoms with Gasteiger partial charge in [-0.15, -0.1) is 6.58 Å². The Kier molecular flexibility index (Phi) is 11.4. The van der Waals surface area contributed by atoms with Gasteiger partial charge in [0.1, 0.15) is 41.5 Å². The van der Waals surface area contributed by atoms with Crippen molar-refractivity contribution >= 4 is 51.2 Å². The average molecular weight is 792 g/mol. The Morgan fingerprint density at radius 1 is 1.13 bits per heavy atom. The number of likely N-dealkylation sites (tertiary alicyclic amines) is 1. The molecule has 18 heteroatoms. The van der Waals surface area contributed by atoms with Gasteiger partial charge >= 0.3 is 6.09 Å². The molecule has 0 bridgehead atoms. The van der Waals surface area contributed by atoms with Crippen molar-refractivity contribution in [1.29, 1.82) is 0 Å². The molecule has 3 aliphatic carbocycles. The van der Waals surface area contributed by atoms with Crippen LogP contribution in [-0.2, 0) is 24.3 Å². The quantitative estimate of drug-likeness (QED) is 0.106. The zero-order chi connectivity index (χ0) is 39.0. The van der Waals surface area contributed by atoms with Crippen LogP contribution in [0.25, 0.3) is 0 Å². The molecule has 3 amide bonds. The van der Waals surface area contributed by atoms with Crippen molar-refractivity contribution in [3.8, 4) is 5.88 Å². The van der Waals surface area contributed by atoms with Crippen molar-refractivity contribution in [3.63, 3.8) is 0 Å². The number of anilines is 2. The van der Waals surface area contributed by atoms with Crippen LogP contribution < -0.4 is 25.4 Å². The summed E-state index contributed by atoms with van der Waals surface area (Å²) in [6.07, 6.45) is 2.46. The summed E-state index contributed by atoms with van der Waals surface area (Å²) < 4.78 is 54.0. The monoisotopic (exact) mass is 791 g/mol. The van der Waals surface area contributed by atoms with Crippen molar-refractivity contribution in [3.05, 3.63) is 54.0 Å². The van der Waals surface area contributed by atoms with Gasteiger partial charge in [0.25, 0.3) is 0 Å². The van der Waals surface area contributed by atoms with Crippen molar-refractivity contribution in [2.75, 3.05) is 11.9 Å². The molecule has 0 radical (unpaired) electrons. The molecule has 1 aromatic heterocycles. The van der Waals surface area contributed by atoms with Gasteiger partial charge in [-0.05, 0) is 62.5 Å². The molecule has 2 heterocycles. The smallest absolute Gasteiger partial charge is 0.408 e. The fourth-order valence-electron chi connectivity index (χ4n) is 7.04. The van der Waals surface area contributed by atoms with E-state index in [1.54, 1.807) is 26.8 Å². The van der Waals surface area contributed by atoms with E-state index >= 15 is 0 Å². The number of carbonyl (C=O) groups is 3. The van der Waals surface area contributed by atoms with Gasteiger partial charge < -0.3 is 35.4 Å². The number of hydrogen-bond acceptors (Lipinski definition) is 11. The molecule has 1 saturated heterocycles. The lowest BCUT2D eigenvalue weighted by Crippen LogP contribution is -2.61. The zero-order valence-electron chi connectivity index (χ0n) is 30.4. The molecule has 4 fully saturated rings. The van der Waals surface area contributed by atoms with Crippen LogP contribution >= 0.6 is 11.6 Å². The van der Waals surface area contributed by atoms with E-state index in [0.717, 1.165) is 25.7 Å². The molecule has 294 valence electrons. The number of para-hydroxylation sites is 1. The van der Waals surface area contributed by atoms with Crippen LogP contribution in [0.5, 0.6) is 5.88 Å².